The van der Waals surface area contributed by atoms with Crippen molar-refractivity contribution in [2.45, 2.75) is 57.6 Å². The molecule has 1 aromatic heterocycles. The van der Waals surface area contributed by atoms with E-state index in [2.05, 4.69) is 15.8 Å². The van der Waals surface area contributed by atoms with Gasteiger partial charge in [0.1, 0.15) is 0 Å². The summed E-state index contributed by atoms with van der Waals surface area (Å²) in [5.74, 6) is 5.63. The highest BCUT2D eigenvalue weighted by atomic mass is 32.1. The van der Waals surface area contributed by atoms with Crippen LogP contribution in [0.1, 0.15) is 42.8 Å². The fraction of sp³-hybridized carbons (Fsp3) is 0.769. The van der Waals surface area contributed by atoms with E-state index in [0.717, 1.165) is 36.6 Å². The molecule has 0 saturated carbocycles. The van der Waals surface area contributed by atoms with E-state index in [1.807, 2.05) is 6.92 Å². The highest BCUT2D eigenvalue weighted by molar-refractivity contribution is 7.09. The zero-order valence-electron chi connectivity index (χ0n) is 11.0. The van der Waals surface area contributed by atoms with Gasteiger partial charge in [0.05, 0.1) is 16.8 Å². The smallest absolute Gasteiger partial charge is 0.0897 e. The van der Waals surface area contributed by atoms with Gasteiger partial charge < -0.3 is 4.74 Å². The third-order valence-corrected chi connectivity index (χ3v) is 4.29. The van der Waals surface area contributed by atoms with E-state index in [9.17, 15) is 0 Å². The van der Waals surface area contributed by atoms with Crippen LogP contribution >= 0.6 is 11.3 Å². The number of aryl methyl sites for hydroxylation is 1. The topological polar surface area (TPSA) is 60.2 Å². The Morgan fingerprint density at radius 2 is 2.50 bits per heavy atom. The van der Waals surface area contributed by atoms with Gasteiger partial charge in [0.15, 0.2) is 0 Å². The molecule has 1 aromatic rings. The van der Waals surface area contributed by atoms with Gasteiger partial charge in [-0.1, -0.05) is 0 Å². The highest BCUT2D eigenvalue weighted by Gasteiger charge is 2.17. The number of ether oxygens (including phenoxy) is 1. The third kappa shape index (κ3) is 4.31. The minimum atomic E-state index is 0.303. The van der Waals surface area contributed by atoms with Crippen LogP contribution in [-0.2, 0) is 11.2 Å². The van der Waals surface area contributed by atoms with Crippen LogP contribution in [0.3, 0.4) is 0 Å². The lowest BCUT2D eigenvalue weighted by molar-refractivity contribution is 0.00857. The summed E-state index contributed by atoms with van der Waals surface area (Å²) in [5.41, 5.74) is 4.05. The van der Waals surface area contributed by atoms with Crippen molar-refractivity contribution in [2.24, 2.45) is 5.84 Å². The molecule has 2 unspecified atom stereocenters. The van der Waals surface area contributed by atoms with E-state index in [1.165, 1.54) is 19.3 Å². The number of rotatable bonds is 6. The van der Waals surface area contributed by atoms with E-state index in [0.29, 0.717) is 12.1 Å². The lowest BCUT2D eigenvalue weighted by atomic mass is 10.00. The first-order valence-corrected chi connectivity index (χ1v) is 7.64. The second-order valence-corrected chi connectivity index (χ2v) is 6.05. The molecule has 4 nitrogen and oxygen atoms in total. The average molecular weight is 269 g/mol. The van der Waals surface area contributed by atoms with Crippen molar-refractivity contribution in [1.82, 2.24) is 10.4 Å². The summed E-state index contributed by atoms with van der Waals surface area (Å²) in [6.45, 7) is 2.96. The summed E-state index contributed by atoms with van der Waals surface area (Å²) in [7, 11) is 0. The summed E-state index contributed by atoms with van der Waals surface area (Å²) in [6.07, 6.45) is 7.21. The zero-order chi connectivity index (χ0) is 12.8. The van der Waals surface area contributed by atoms with E-state index < -0.39 is 0 Å². The first kappa shape index (κ1) is 13.9. The van der Waals surface area contributed by atoms with Gasteiger partial charge >= 0.3 is 0 Å². The maximum absolute atomic E-state index is 5.75. The quantitative estimate of drug-likeness (QED) is 0.614. The number of hydrazine groups is 1. The molecule has 1 aliphatic heterocycles. The molecule has 0 bridgehead atoms. The zero-order valence-corrected chi connectivity index (χ0v) is 11.8. The van der Waals surface area contributed by atoms with Gasteiger partial charge in [0, 0.05) is 24.4 Å². The monoisotopic (exact) mass is 269 g/mol. The minimum absolute atomic E-state index is 0.303. The van der Waals surface area contributed by atoms with Gasteiger partial charge in [-0.2, -0.15) is 0 Å². The molecule has 0 aromatic carbocycles. The van der Waals surface area contributed by atoms with Crippen LogP contribution in [-0.4, -0.2) is 23.7 Å². The SMILES string of the molecule is Cc1nc(CC(CCC2CCCCO2)NN)cs1. The van der Waals surface area contributed by atoms with Gasteiger partial charge in [0.2, 0.25) is 0 Å². The van der Waals surface area contributed by atoms with Crippen molar-refractivity contribution < 1.29 is 4.74 Å². The Kier molecular flexibility index (Phi) is 5.56. The number of thiazole rings is 1. The van der Waals surface area contributed by atoms with Gasteiger partial charge in [-0.3, -0.25) is 11.3 Å². The molecular formula is C13H23N3OS. The number of hydrogen-bond acceptors (Lipinski definition) is 5. The molecule has 3 N–H and O–H groups in total. The Morgan fingerprint density at radius 3 is 3.11 bits per heavy atom. The molecule has 5 heteroatoms. The molecular weight excluding hydrogens is 246 g/mol. The molecule has 0 amide bonds. The molecule has 102 valence electrons. The summed E-state index contributed by atoms with van der Waals surface area (Å²) >= 11 is 1.70. The van der Waals surface area contributed by atoms with E-state index in [4.69, 9.17) is 10.6 Å². The van der Waals surface area contributed by atoms with Crippen LogP contribution in [0.2, 0.25) is 0 Å². The molecule has 1 fully saturated rings. The Bertz CT molecular complexity index is 350. The predicted octanol–water partition coefficient (Wildman–Crippen LogP) is 2.18. The van der Waals surface area contributed by atoms with Crippen molar-refractivity contribution in [3.8, 4) is 0 Å². The van der Waals surface area contributed by atoms with Gasteiger partial charge in [0.25, 0.3) is 0 Å². The molecule has 1 saturated heterocycles. The minimum Gasteiger partial charge on any atom is -0.378 e. The number of nitrogens with zero attached hydrogens (tertiary/aromatic N) is 1. The van der Waals surface area contributed by atoms with Crippen molar-refractivity contribution in [2.75, 3.05) is 6.61 Å². The van der Waals surface area contributed by atoms with Crippen molar-refractivity contribution >= 4 is 11.3 Å². The van der Waals surface area contributed by atoms with Crippen LogP contribution in [0.5, 0.6) is 0 Å². The number of nitrogens with two attached hydrogens (primary N) is 1. The molecule has 0 aliphatic carbocycles. The molecule has 1 aliphatic rings. The lowest BCUT2D eigenvalue weighted by Gasteiger charge is -2.24. The van der Waals surface area contributed by atoms with Crippen LogP contribution in [0, 0.1) is 6.92 Å². The number of hydrogen-bond donors (Lipinski definition) is 2. The van der Waals surface area contributed by atoms with E-state index >= 15 is 0 Å². The summed E-state index contributed by atoms with van der Waals surface area (Å²) in [4.78, 5) is 4.48. The first-order chi connectivity index (χ1) is 8.78. The van der Waals surface area contributed by atoms with Crippen LogP contribution < -0.4 is 11.3 Å². The standard InChI is InChI=1S/C13H23N3OS/c1-10-15-12(9-18-10)8-11(16-14)5-6-13-4-2-3-7-17-13/h9,11,13,16H,2-8,14H2,1H3. The van der Waals surface area contributed by atoms with Crippen molar-refractivity contribution in [3.05, 3.63) is 16.1 Å². The third-order valence-electron chi connectivity index (χ3n) is 3.47. The van der Waals surface area contributed by atoms with Gasteiger partial charge in [-0.25, -0.2) is 4.98 Å². The molecule has 0 radical (unpaired) electrons. The number of nitrogens with one attached hydrogen (secondary N) is 1. The molecule has 2 atom stereocenters. The Morgan fingerprint density at radius 1 is 1.61 bits per heavy atom. The maximum Gasteiger partial charge on any atom is 0.0897 e. The normalized spacial score (nSPS) is 22.0. The van der Waals surface area contributed by atoms with Gasteiger partial charge in [-0.05, 0) is 39.0 Å². The molecule has 18 heavy (non-hydrogen) atoms. The van der Waals surface area contributed by atoms with Crippen molar-refractivity contribution in [1.29, 1.82) is 0 Å². The Hall–Kier alpha value is -0.490. The fourth-order valence-electron chi connectivity index (χ4n) is 2.42. The summed E-state index contributed by atoms with van der Waals surface area (Å²) in [6, 6.07) is 0.303. The molecule has 2 rings (SSSR count). The van der Waals surface area contributed by atoms with Crippen molar-refractivity contribution in [3.63, 3.8) is 0 Å². The maximum atomic E-state index is 5.75. The predicted molar refractivity (Wildman–Crippen MR) is 74.5 cm³/mol. The summed E-state index contributed by atoms with van der Waals surface area (Å²) < 4.78 is 5.75. The van der Waals surface area contributed by atoms with Gasteiger partial charge in [-0.15, -0.1) is 11.3 Å². The summed E-state index contributed by atoms with van der Waals surface area (Å²) in [5, 5.41) is 3.24. The lowest BCUT2D eigenvalue weighted by Crippen LogP contribution is -2.37. The van der Waals surface area contributed by atoms with Crippen LogP contribution in [0.4, 0.5) is 0 Å². The highest BCUT2D eigenvalue weighted by Crippen LogP contribution is 2.19. The average Bonchev–Trinajstić information content (AvgIpc) is 2.81. The second kappa shape index (κ2) is 7.19. The Labute approximate surface area is 113 Å². The molecule has 0 spiro atoms. The molecule has 2 heterocycles. The van der Waals surface area contributed by atoms with E-state index in [1.54, 1.807) is 11.3 Å². The van der Waals surface area contributed by atoms with Crippen LogP contribution in [0.25, 0.3) is 0 Å². The van der Waals surface area contributed by atoms with E-state index in [-0.39, 0.29) is 0 Å². The largest absolute Gasteiger partial charge is 0.378 e. The Balaban J connectivity index is 1.74. The first-order valence-electron chi connectivity index (χ1n) is 6.76. The second-order valence-electron chi connectivity index (χ2n) is 4.99. The van der Waals surface area contributed by atoms with Crippen LogP contribution in [0.15, 0.2) is 5.38 Å². The number of aromatic nitrogens is 1. The fourth-order valence-corrected chi connectivity index (χ4v) is 3.05.